The molecule has 4 rings (SSSR count). The van der Waals surface area contributed by atoms with Gasteiger partial charge in [-0.3, -0.25) is 0 Å². The normalized spacial score (nSPS) is 13.2. The van der Waals surface area contributed by atoms with Crippen molar-refractivity contribution in [3.05, 3.63) is 86.5 Å². The minimum atomic E-state index is -0.355. The second-order valence-corrected chi connectivity index (χ2v) is 22.3. The fourth-order valence-corrected chi connectivity index (χ4v) is 7.40. The summed E-state index contributed by atoms with van der Waals surface area (Å²) in [4.78, 5) is 0. The van der Waals surface area contributed by atoms with Gasteiger partial charge in [0.05, 0.1) is 0 Å². The number of benzene rings is 4. The van der Waals surface area contributed by atoms with Crippen molar-refractivity contribution in [1.29, 1.82) is 0 Å². The monoisotopic (exact) mass is 781 g/mol. The third-order valence-electron chi connectivity index (χ3n) is 10.8. The van der Waals surface area contributed by atoms with E-state index < -0.39 is 0 Å². The average molecular weight is 781 g/mol. The van der Waals surface area contributed by atoms with Gasteiger partial charge >= 0.3 is 0 Å². The van der Waals surface area contributed by atoms with Crippen LogP contribution in [0.1, 0.15) is 175 Å². The molecule has 3 N–H and O–H groups in total. The maximum Gasteiger partial charge on any atom is 0.140 e. The van der Waals surface area contributed by atoms with Gasteiger partial charge in [-0.05, 0) is 89.7 Å². The molecular formula is C51H72O6. The summed E-state index contributed by atoms with van der Waals surface area (Å²) in [6, 6.07) is 11.6. The second kappa shape index (κ2) is 14.8. The molecule has 4 aromatic rings. The summed E-state index contributed by atoms with van der Waals surface area (Å²) in [6.45, 7) is 43.5. The first-order chi connectivity index (χ1) is 25.5. The molecule has 0 amide bonds. The van der Waals surface area contributed by atoms with Gasteiger partial charge in [0.15, 0.2) is 0 Å². The molecule has 0 aliphatic heterocycles. The Labute approximate surface area is 344 Å². The Kier molecular flexibility index (Phi) is 11.8. The predicted molar refractivity (Wildman–Crippen MR) is 237 cm³/mol. The van der Waals surface area contributed by atoms with Gasteiger partial charge in [-0.15, -0.1) is 0 Å². The number of aromatic hydroxyl groups is 3. The van der Waals surface area contributed by atoms with Gasteiger partial charge in [0.1, 0.15) is 51.7 Å². The van der Waals surface area contributed by atoms with Crippen LogP contribution in [0, 0.1) is 20.8 Å². The molecule has 0 radical (unpaired) electrons. The Hall–Kier alpha value is -4.32. The van der Waals surface area contributed by atoms with E-state index in [1.54, 1.807) is 0 Å². The quantitative estimate of drug-likeness (QED) is 0.181. The number of ether oxygens (including phenoxy) is 3. The maximum atomic E-state index is 11.5. The number of rotatable bonds is 6. The Morgan fingerprint density at radius 2 is 0.439 bits per heavy atom. The van der Waals surface area contributed by atoms with Crippen LogP contribution in [0.5, 0.6) is 51.7 Å². The Morgan fingerprint density at radius 3 is 0.561 bits per heavy atom. The Morgan fingerprint density at radius 1 is 0.298 bits per heavy atom. The largest absolute Gasteiger partial charge is 0.507 e. The van der Waals surface area contributed by atoms with E-state index in [2.05, 4.69) is 125 Å². The summed E-state index contributed by atoms with van der Waals surface area (Å²) in [5.74, 6) is 4.35. The van der Waals surface area contributed by atoms with Crippen LogP contribution in [-0.4, -0.2) is 15.3 Å². The lowest BCUT2D eigenvalue weighted by molar-refractivity contribution is 0.401. The van der Waals surface area contributed by atoms with Gasteiger partial charge in [-0.25, -0.2) is 0 Å². The van der Waals surface area contributed by atoms with E-state index in [0.717, 1.165) is 50.1 Å². The van der Waals surface area contributed by atoms with E-state index in [9.17, 15) is 15.3 Å². The molecular weight excluding hydrogens is 709 g/mol. The molecule has 312 valence electrons. The molecule has 0 unspecified atom stereocenters. The number of hydrogen-bond donors (Lipinski definition) is 3. The van der Waals surface area contributed by atoms with E-state index in [0.29, 0.717) is 34.5 Å². The van der Waals surface area contributed by atoms with Crippen LogP contribution in [0.4, 0.5) is 0 Å². The zero-order valence-electron chi connectivity index (χ0n) is 39.0. The SMILES string of the molecule is Cc1c(Oc2cc(C(C)(C)C)c(O)c(C(C)(C)C)c2)c(C)c(Oc2cc(C(C)(C)C)c(O)c(C(C)(C)C)c2)c(C)c1Oc1cc(C(C)(C)C)c(O)c(C(C)(C)C)c1. The van der Waals surface area contributed by atoms with Gasteiger partial charge in [0.25, 0.3) is 0 Å². The summed E-state index contributed by atoms with van der Waals surface area (Å²) in [5, 5.41) is 34.6. The fraction of sp³-hybridized carbons (Fsp3) is 0.529. The summed E-state index contributed by atoms with van der Waals surface area (Å²) >= 11 is 0. The lowest BCUT2D eigenvalue weighted by Gasteiger charge is -2.30. The predicted octanol–water partition coefficient (Wildman–Crippen LogP) is 14.9. The molecule has 6 nitrogen and oxygen atoms in total. The summed E-state index contributed by atoms with van der Waals surface area (Å²) in [6.07, 6.45) is 0. The molecule has 6 heteroatoms. The number of phenolic OH excluding ortho intramolecular Hbond substituents is 3. The van der Waals surface area contributed by atoms with E-state index in [4.69, 9.17) is 14.2 Å². The zero-order valence-corrected chi connectivity index (χ0v) is 39.0. The van der Waals surface area contributed by atoms with Gasteiger partial charge in [-0.1, -0.05) is 125 Å². The molecule has 0 atom stereocenters. The Balaban J connectivity index is 2.10. The summed E-state index contributed by atoms with van der Waals surface area (Å²) in [7, 11) is 0. The first-order valence-corrected chi connectivity index (χ1v) is 20.4. The Bertz CT molecular complexity index is 1790. The first-order valence-electron chi connectivity index (χ1n) is 20.4. The molecule has 4 aromatic carbocycles. The van der Waals surface area contributed by atoms with Crippen LogP contribution in [0.2, 0.25) is 0 Å². The van der Waals surface area contributed by atoms with Crippen LogP contribution < -0.4 is 14.2 Å². The van der Waals surface area contributed by atoms with Crippen LogP contribution >= 0.6 is 0 Å². The zero-order chi connectivity index (χ0) is 43.8. The van der Waals surface area contributed by atoms with Gasteiger partial charge in [-0.2, -0.15) is 0 Å². The molecule has 0 heterocycles. The van der Waals surface area contributed by atoms with Crippen molar-refractivity contribution in [2.75, 3.05) is 0 Å². The van der Waals surface area contributed by atoms with Crippen molar-refractivity contribution in [3.63, 3.8) is 0 Å². The molecule has 57 heavy (non-hydrogen) atoms. The molecule has 0 fully saturated rings. The number of hydrogen-bond acceptors (Lipinski definition) is 6. The smallest absolute Gasteiger partial charge is 0.140 e. The second-order valence-electron chi connectivity index (χ2n) is 22.3. The summed E-state index contributed by atoms with van der Waals surface area (Å²) < 4.78 is 20.9. The van der Waals surface area contributed by atoms with E-state index in [1.165, 1.54) is 0 Å². The van der Waals surface area contributed by atoms with Crippen LogP contribution in [0.25, 0.3) is 0 Å². The minimum absolute atomic E-state index is 0.279. The molecule has 0 spiro atoms. The lowest BCUT2D eigenvalue weighted by atomic mass is 9.79. The minimum Gasteiger partial charge on any atom is -0.507 e. The van der Waals surface area contributed by atoms with Crippen molar-refractivity contribution in [2.45, 2.75) is 178 Å². The molecule has 0 aromatic heterocycles. The maximum absolute atomic E-state index is 11.5. The highest BCUT2D eigenvalue weighted by atomic mass is 16.5. The lowest BCUT2D eigenvalue weighted by Crippen LogP contribution is -2.17. The average Bonchev–Trinajstić information content (AvgIpc) is 3.02. The van der Waals surface area contributed by atoms with Crippen molar-refractivity contribution >= 4 is 0 Å². The first kappa shape index (κ1) is 45.4. The molecule has 0 saturated heterocycles. The van der Waals surface area contributed by atoms with Crippen molar-refractivity contribution in [1.82, 2.24) is 0 Å². The van der Waals surface area contributed by atoms with Crippen LogP contribution in [-0.2, 0) is 32.5 Å². The van der Waals surface area contributed by atoms with Gasteiger partial charge in [0, 0.05) is 50.1 Å². The topological polar surface area (TPSA) is 88.4 Å². The molecule has 0 aliphatic carbocycles. The van der Waals surface area contributed by atoms with Gasteiger partial charge < -0.3 is 29.5 Å². The van der Waals surface area contributed by atoms with Crippen molar-refractivity contribution < 1.29 is 29.5 Å². The standard InChI is InChI=1S/C51H72O6/c1-28-43(55-31-22-34(46(4,5)6)40(52)35(23-31)47(7,8)9)29(2)45(57-33-26-38(50(16,17)18)42(54)39(27-33)51(19,20)21)30(3)44(28)56-32-24-36(48(10,11)12)41(53)37(25-32)49(13,14)15/h22-27,52-54H,1-21H3. The van der Waals surface area contributed by atoms with E-state index in [-0.39, 0.29) is 49.7 Å². The third kappa shape index (κ3) is 9.53. The van der Waals surface area contributed by atoms with Crippen molar-refractivity contribution in [2.24, 2.45) is 0 Å². The fourth-order valence-electron chi connectivity index (χ4n) is 7.40. The molecule has 0 aliphatic rings. The molecule has 0 bridgehead atoms. The third-order valence-corrected chi connectivity index (χ3v) is 10.8. The number of phenols is 3. The van der Waals surface area contributed by atoms with Crippen LogP contribution in [0.15, 0.2) is 36.4 Å². The van der Waals surface area contributed by atoms with E-state index in [1.807, 2.05) is 57.2 Å². The molecule has 0 saturated carbocycles. The highest BCUT2D eigenvalue weighted by Crippen LogP contribution is 2.51. The van der Waals surface area contributed by atoms with Crippen molar-refractivity contribution in [3.8, 4) is 51.7 Å². The highest BCUT2D eigenvalue weighted by molar-refractivity contribution is 5.66. The van der Waals surface area contributed by atoms with Crippen LogP contribution in [0.3, 0.4) is 0 Å². The highest BCUT2D eigenvalue weighted by Gasteiger charge is 2.32. The van der Waals surface area contributed by atoms with Gasteiger partial charge in [0.2, 0.25) is 0 Å². The summed E-state index contributed by atoms with van der Waals surface area (Å²) in [5.41, 5.74) is 4.96. The van der Waals surface area contributed by atoms with E-state index >= 15 is 0 Å².